The van der Waals surface area contributed by atoms with Crippen molar-refractivity contribution in [2.24, 2.45) is 0 Å². The first-order valence-electron chi connectivity index (χ1n) is 11.6. The maximum Gasteiger partial charge on any atom is 0.335 e. The van der Waals surface area contributed by atoms with Gasteiger partial charge in [0.05, 0.1) is 19.4 Å². The summed E-state index contributed by atoms with van der Waals surface area (Å²) in [6, 6.07) is 18.5. The van der Waals surface area contributed by atoms with Crippen molar-refractivity contribution in [3.05, 3.63) is 87.9 Å². The van der Waals surface area contributed by atoms with Crippen LogP contribution in [0.1, 0.15) is 24.5 Å². The van der Waals surface area contributed by atoms with E-state index >= 15 is 0 Å². The van der Waals surface area contributed by atoms with Crippen LogP contribution in [0, 0.1) is 0 Å². The molecule has 1 fully saturated rings. The van der Waals surface area contributed by atoms with Crippen molar-refractivity contribution in [2.75, 3.05) is 18.6 Å². The number of benzene rings is 3. The molecule has 190 valence electrons. The molecule has 3 aromatic rings. The maximum atomic E-state index is 13.2. The molecule has 37 heavy (non-hydrogen) atoms. The zero-order valence-corrected chi connectivity index (χ0v) is 21.9. The highest BCUT2D eigenvalue weighted by Crippen LogP contribution is 2.30. The summed E-state index contributed by atoms with van der Waals surface area (Å²) in [5.74, 6) is 0.0951. The minimum Gasteiger partial charge on any atom is -0.493 e. The van der Waals surface area contributed by atoms with Crippen molar-refractivity contribution in [3.8, 4) is 17.2 Å². The standard InChI is InChI=1S/C28H25BrN2O6/c1-3-14-36-24-13-6-19(16-25(24)35-2)15-23-26(32)30-28(34)31(27(23)33)21-9-11-22(12-10-21)37-17-18-4-7-20(29)8-5-18/h4-13,15-16H,3,14,17H2,1-2H3,(H,30,32,34)/b23-15+. The Kier molecular flexibility index (Phi) is 8.25. The minimum absolute atomic E-state index is 0.181. The average molecular weight is 565 g/mol. The van der Waals surface area contributed by atoms with E-state index in [1.54, 1.807) is 42.5 Å². The van der Waals surface area contributed by atoms with Gasteiger partial charge < -0.3 is 14.2 Å². The predicted molar refractivity (Wildman–Crippen MR) is 143 cm³/mol. The molecule has 0 radical (unpaired) electrons. The molecule has 0 aromatic heterocycles. The SMILES string of the molecule is CCCOc1ccc(/C=C2\C(=O)NC(=O)N(c3ccc(OCc4ccc(Br)cc4)cc3)C2=O)cc1OC. The molecule has 4 amide bonds. The number of anilines is 1. The summed E-state index contributed by atoms with van der Waals surface area (Å²) in [5.41, 5.74) is 1.66. The summed E-state index contributed by atoms with van der Waals surface area (Å²) in [6.45, 7) is 2.89. The summed E-state index contributed by atoms with van der Waals surface area (Å²) < 4.78 is 17.8. The zero-order chi connectivity index (χ0) is 26.4. The molecule has 0 saturated carbocycles. The number of carbonyl (C=O) groups is 3. The highest BCUT2D eigenvalue weighted by molar-refractivity contribution is 9.10. The van der Waals surface area contributed by atoms with E-state index in [2.05, 4.69) is 21.2 Å². The van der Waals surface area contributed by atoms with E-state index < -0.39 is 17.8 Å². The number of imide groups is 2. The molecule has 0 spiro atoms. The Bertz CT molecular complexity index is 1340. The lowest BCUT2D eigenvalue weighted by Crippen LogP contribution is -2.54. The van der Waals surface area contributed by atoms with Gasteiger partial charge in [-0.05, 0) is 72.2 Å². The molecule has 8 nitrogen and oxygen atoms in total. The van der Waals surface area contributed by atoms with Crippen molar-refractivity contribution < 1.29 is 28.6 Å². The van der Waals surface area contributed by atoms with Crippen LogP contribution in [0.15, 0.2) is 76.8 Å². The number of methoxy groups -OCH3 is 1. The second-order valence-corrected chi connectivity index (χ2v) is 9.04. The lowest BCUT2D eigenvalue weighted by atomic mass is 10.1. The Morgan fingerprint density at radius 1 is 0.919 bits per heavy atom. The topological polar surface area (TPSA) is 94.2 Å². The molecule has 1 heterocycles. The van der Waals surface area contributed by atoms with E-state index in [-0.39, 0.29) is 5.57 Å². The fraction of sp³-hybridized carbons (Fsp3) is 0.179. The van der Waals surface area contributed by atoms with Crippen LogP contribution in [0.5, 0.6) is 17.2 Å². The number of nitrogens with one attached hydrogen (secondary N) is 1. The van der Waals surface area contributed by atoms with Gasteiger partial charge in [-0.2, -0.15) is 0 Å². The van der Waals surface area contributed by atoms with Gasteiger partial charge in [-0.25, -0.2) is 9.69 Å². The first-order chi connectivity index (χ1) is 17.9. The molecule has 1 aliphatic heterocycles. The van der Waals surface area contributed by atoms with Crippen LogP contribution in [-0.4, -0.2) is 31.6 Å². The fourth-order valence-corrected chi connectivity index (χ4v) is 3.87. The largest absolute Gasteiger partial charge is 0.493 e. The third kappa shape index (κ3) is 6.18. The lowest BCUT2D eigenvalue weighted by Gasteiger charge is -2.26. The number of hydrogen-bond donors (Lipinski definition) is 1. The van der Waals surface area contributed by atoms with Crippen LogP contribution in [0.4, 0.5) is 10.5 Å². The number of rotatable bonds is 9. The Morgan fingerprint density at radius 2 is 1.65 bits per heavy atom. The van der Waals surface area contributed by atoms with E-state index in [0.29, 0.717) is 41.7 Å². The molecule has 4 rings (SSSR count). The van der Waals surface area contributed by atoms with Gasteiger partial charge in [-0.3, -0.25) is 14.9 Å². The molecule has 1 saturated heterocycles. The number of barbiturate groups is 1. The Morgan fingerprint density at radius 3 is 2.32 bits per heavy atom. The quantitative estimate of drug-likeness (QED) is 0.273. The van der Waals surface area contributed by atoms with Crippen molar-refractivity contribution in [1.29, 1.82) is 0 Å². The molecule has 0 bridgehead atoms. The maximum absolute atomic E-state index is 13.2. The number of carbonyl (C=O) groups excluding carboxylic acids is 3. The van der Waals surface area contributed by atoms with Crippen LogP contribution < -0.4 is 24.4 Å². The third-order valence-corrected chi connectivity index (χ3v) is 6.00. The van der Waals surface area contributed by atoms with Crippen LogP contribution in [0.25, 0.3) is 6.08 Å². The Balaban J connectivity index is 1.52. The lowest BCUT2D eigenvalue weighted by molar-refractivity contribution is -0.122. The van der Waals surface area contributed by atoms with Gasteiger partial charge in [0.25, 0.3) is 11.8 Å². The number of ether oxygens (including phenoxy) is 3. The van der Waals surface area contributed by atoms with Crippen molar-refractivity contribution in [3.63, 3.8) is 0 Å². The number of amides is 4. The molecule has 0 atom stereocenters. The van der Waals surface area contributed by atoms with Crippen molar-refractivity contribution in [2.45, 2.75) is 20.0 Å². The predicted octanol–water partition coefficient (Wildman–Crippen LogP) is 5.49. The molecule has 0 aliphatic carbocycles. The Hall–Kier alpha value is -4.11. The summed E-state index contributed by atoms with van der Waals surface area (Å²) in [6.07, 6.45) is 2.25. The van der Waals surface area contributed by atoms with Crippen LogP contribution in [-0.2, 0) is 16.2 Å². The highest BCUT2D eigenvalue weighted by atomic mass is 79.9. The fourth-order valence-electron chi connectivity index (χ4n) is 3.60. The molecule has 3 aromatic carbocycles. The Labute approximate surface area is 223 Å². The zero-order valence-electron chi connectivity index (χ0n) is 20.3. The smallest absolute Gasteiger partial charge is 0.335 e. The average Bonchev–Trinajstić information content (AvgIpc) is 2.90. The van der Waals surface area contributed by atoms with E-state index in [9.17, 15) is 14.4 Å². The van der Waals surface area contributed by atoms with Gasteiger partial charge in [-0.1, -0.05) is 41.1 Å². The second-order valence-electron chi connectivity index (χ2n) is 8.13. The molecule has 1 N–H and O–H groups in total. The van der Waals surface area contributed by atoms with E-state index in [0.717, 1.165) is 21.4 Å². The molecule has 0 unspecified atom stereocenters. The molecular formula is C28H25BrN2O6. The van der Waals surface area contributed by atoms with Crippen LogP contribution in [0.3, 0.4) is 0 Å². The number of halogens is 1. The van der Waals surface area contributed by atoms with E-state index in [4.69, 9.17) is 14.2 Å². The molecule has 9 heteroatoms. The monoisotopic (exact) mass is 564 g/mol. The first-order valence-corrected chi connectivity index (χ1v) is 12.4. The normalized spacial score (nSPS) is 14.5. The highest BCUT2D eigenvalue weighted by Gasteiger charge is 2.36. The van der Waals surface area contributed by atoms with Gasteiger partial charge in [0, 0.05) is 4.47 Å². The van der Waals surface area contributed by atoms with Gasteiger partial charge >= 0.3 is 6.03 Å². The minimum atomic E-state index is -0.823. The first kappa shape index (κ1) is 26.0. The van der Waals surface area contributed by atoms with E-state index in [1.807, 2.05) is 31.2 Å². The van der Waals surface area contributed by atoms with Gasteiger partial charge in [0.1, 0.15) is 17.9 Å². The number of hydrogen-bond acceptors (Lipinski definition) is 6. The summed E-state index contributed by atoms with van der Waals surface area (Å²) in [5, 5.41) is 2.23. The van der Waals surface area contributed by atoms with Crippen molar-refractivity contribution >= 4 is 45.5 Å². The van der Waals surface area contributed by atoms with Crippen LogP contribution in [0.2, 0.25) is 0 Å². The second kappa shape index (κ2) is 11.7. The van der Waals surface area contributed by atoms with Gasteiger partial charge in [0.15, 0.2) is 11.5 Å². The van der Waals surface area contributed by atoms with Crippen LogP contribution >= 0.6 is 15.9 Å². The summed E-state index contributed by atoms with van der Waals surface area (Å²) >= 11 is 3.40. The van der Waals surface area contributed by atoms with Crippen molar-refractivity contribution in [1.82, 2.24) is 5.32 Å². The summed E-state index contributed by atoms with van der Waals surface area (Å²) in [7, 11) is 1.51. The number of nitrogens with zero attached hydrogens (tertiary/aromatic N) is 1. The third-order valence-electron chi connectivity index (χ3n) is 5.48. The van der Waals surface area contributed by atoms with Gasteiger partial charge in [-0.15, -0.1) is 0 Å². The van der Waals surface area contributed by atoms with E-state index in [1.165, 1.54) is 13.2 Å². The molecule has 1 aliphatic rings. The van der Waals surface area contributed by atoms with Gasteiger partial charge in [0.2, 0.25) is 0 Å². The number of urea groups is 1. The summed E-state index contributed by atoms with van der Waals surface area (Å²) in [4.78, 5) is 39.2. The molecular weight excluding hydrogens is 540 g/mol.